The van der Waals surface area contributed by atoms with Crippen molar-refractivity contribution in [2.24, 2.45) is 0 Å². The molecule has 0 radical (unpaired) electrons. The number of hydrogen-bond donors (Lipinski definition) is 1. The second-order valence-corrected chi connectivity index (χ2v) is 4.38. The average molecular weight is 232 g/mol. The third kappa shape index (κ3) is 1.98. The molecule has 0 fully saturated rings. The van der Waals surface area contributed by atoms with Gasteiger partial charge in [0.15, 0.2) is 0 Å². The van der Waals surface area contributed by atoms with Gasteiger partial charge in [-0.1, -0.05) is 0 Å². The molecule has 0 spiro atoms. The van der Waals surface area contributed by atoms with Crippen molar-refractivity contribution in [3.8, 4) is 0 Å². The Bertz CT molecular complexity index is 489. The van der Waals surface area contributed by atoms with Gasteiger partial charge in [0, 0.05) is 25.9 Å². The number of aromatic nitrogens is 3. The highest BCUT2D eigenvalue weighted by atomic mass is 16.3. The van der Waals surface area contributed by atoms with Crippen LogP contribution in [-0.4, -0.2) is 21.3 Å². The molecule has 1 aliphatic heterocycles. The lowest BCUT2D eigenvalue weighted by Crippen LogP contribution is -2.32. The number of aryl methyl sites for hydroxylation is 2. The molecule has 0 bridgehead atoms. The zero-order chi connectivity index (χ0) is 11.7. The maximum atomic E-state index is 5.33. The van der Waals surface area contributed by atoms with Crippen LogP contribution >= 0.6 is 0 Å². The molecule has 0 saturated carbocycles. The molecule has 0 saturated heterocycles. The lowest BCUT2D eigenvalue weighted by molar-refractivity contribution is 0.427. The van der Waals surface area contributed by atoms with Crippen LogP contribution < -0.4 is 5.32 Å². The van der Waals surface area contributed by atoms with E-state index in [2.05, 4.69) is 27.0 Å². The number of nitrogens with zero attached hydrogens (tertiary/aromatic N) is 3. The summed E-state index contributed by atoms with van der Waals surface area (Å²) in [5, 5.41) is 11.9. The zero-order valence-corrected chi connectivity index (χ0v) is 9.89. The van der Waals surface area contributed by atoms with Gasteiger partial charge in [0.05, 0.1) is 12.3 Å². The highest BCUT2D eigenvalue weighted by molar-refractivity contribution is 5.06. The van der Waals surface area contributed by atoms with Gasteiger partial charge in [0.1, 0.15) is 17.4 Å². The van der Waals surface area contributed by atoms with Crippen LogP contribution in [0.1, 0.15) is 30.4 Å². The Morgan fingerprint density at radius 1 is 1.47 bits per heavy atom. The minimum Gasteiger partial charge on any atom is -0.469 e. The SMILES string of the molecule is CC1NCCn2c(CCc3ccco3)nnc21. The summed E-state index contributed by atoms with van der Waals surface area (Å²) < 4.78 is 7.55. The quantitative estimate of drug-likeness (QED) is 0.867. The Morgan fingerprint density at radius 2 is 2.41 bits per heavy atom. The largest absolute Gasteiger partial charge is 0.469 e. The molecule has 5 nitrogen and oxygen atoms in total. The van der Waals surface area contributed by atoms with Gasteiger partial charge in [-0.25, -0.2) is 0 Å². The van der Waals surface area contributed by atoms with Crippen molar-refractivity contribution >= 4 is 0 Å². The summed E-state index contributed by atoms with van der Waals surface area (Å²) in [6, 6.07) is 4.21. The van der Waals surface area contributed by atoms with Crippen molar-refractivity contribution in [2.75, 3.05) is 6.54 Å². The molecule has 0 aliphatic carbocycles. The monoisotopic (exact) mass is 232 g/mol. The summed E-state index contributed by atoms with van der Waals surface area (Å²) in [7, 11) is 0. The van der Waals surface area contributed by atoms with Crippen LogP contribution in [0.5, 0.6) is 0 Å². The Hall–Kier alpha value is -1.62. The van der Waals surface area contributed by atoms with Gasteiger partial charge in [0.2, 0.25) is 0 Å². The van der Waals surface area contributed by atoms with Gasteiger partial charge >= 0.3 is 0 Å². The van der Waals surface area contributed by atoms with E-state index in [9.17, 15) is 0 Å². The van der Waals surface area contributed by atoms with E-state index in [1.807, 2.05) is 12.1 Å². The van der Waals surface area contributed by atoms with Gasteiger partial charge in [-0.2, -0.15) is 0 Å². The molecule has 1 aliphatic rings. The first-order valence-corrected chi connectivity index (χ1v) is 6.02. The lowest BCUT2D eigenvalue weighted by atomic mass is 10.2. The number of fused-ring (bicyclic) bond motifs is 1. The number of hydrogen-bond acceptors (Lipinski definition) is 4. The second-order valence-electron chi connectivity index (χ2n) is 4.38. The molecule has 5 heteroatoms. The van der Waals surface area contributed by atoms with Crippen LogP contribution in [0.3, 0.4) is 0 Å². The fourth-order valence-corrected chi connectivity index (χ4v) is 2.27. The minimum absolute atomic E-state index is 0.300. The highest BCUT2D eigenvalue weighted by Gasteiger charge is 2.20. The molecule has 3 rings (SSSR count). The van der Waals surface area contributed by atoms with E-state index in [1.54, 1.807) is 6.26 Å². The van der Waals surface area contributed by atoms with E-state index >= 15 is 0 Å². The fraction of sp³-hybridized carbons (Fsp3) is 0.500. The first kappa shape index (κ1) is 10.5. The van der Waals surface area contributed by atoms with Crippen molar-refractivity contribution < 1.29 is 4.42 Å². The first-order chi connectivity index (χ1) is 8.34. The van der Waals surface area contributed by atoms with Crippen molar-refractivity contribution in [3.63, 3.8) is 0 Å². The van der Waals surface area contributed by atoms with E-state index in [1.165, 1.54) is 0 Å². The molecule has 1 atom stereocenters. The Kier molecular flexibility index (Phi) is 2.68. The number of rotatable bonds is 3. The van der Waals surface area contributed by atoms with Gasteiger partial charge < -0.3 is 14.3 Å². The van der Waals surface area contributed by atoms with E-state index in [4.69, 9.17) is 4.42 Å². The van der Waals surface area contributed by atoms with Crippen molar-refractivity contribution in [3.05, 3.63) is 35.8 Å². The van der Waals surface area contributed by atoms with Crippen LogP contribution in [0.2, 0.25) is 0 Å². The summed E-state index contributed by atoms with van der Waals surface area (Å²) in [4.78, 5) is 0. The van der Waals surface area contributed by atoms with Crippen LogP contribution in [-0.2, 0) is 19.4 Å². The third-order valence-corrected chi connectivity index (χ3v) is 3.20. The summed E-state index contributed by atoms with van der Waals surface area (Å²) in [5.41, 5.74) is 0. The molecule has 0 aromatic carbocycles. The van der Waals surface area contributed by atoms with E-state index in [0.29, 0.717) is 6.04 Å². The third-order valence-electron chi connectivity index (χ3n) is 3.20. The summed E-state index contributed by atoms with van der Waals surface area (Å²) in [6.07, 6.45) is 3.47. The van der Waals surface area contributed by atoms with Crippen LogP contribution in [0, 0.1) is 0 Å². The molecule has 2 aromatic heterocycles. The first-order valence-electron chi connectivity index (χ1n) is 6.02. The molecular formula is C12H16N4O. The Morgan fingerprint density at radius 3 is 3.24 bits per heavy atom. The second kappa shape index (κ2) is 4.33. The van der Waals surface area contributed by atoms with Crippen molar-refractivity contribution in [1.29, 1.82) is 0 Å². The average Bonchev–Trinajstić information content (AvgIpc) is 2.95. The van der Waals surface area contributed by atoms with E-state index < -0.39 is 0 Å². The topological polar surface area (TPSA) is 55.9 Å². The maximum Gasteiger partial charge on any atom is 0.149 e. The molecular weight excluding hydrogens is 216 g/mol. The zero-order valence-electron chi connectivity index (χ0n) is 9.89. The van der Waals surface area contributed by atoms with Crippen LogP contribution in [0.4, 0.5) is 0 Å². The van der Waals surface area contributed by atoms with E-state index in [0.717, 1.165) is 43.3 Å². The van der Waals surface area contributed by atoms with Crippen LogP contribution in [0.25, 0.3) is 0 Å². The predicted octanol–water partition coefficient (Wildman–Crippen LogP) is 1.32. The minimum atomic E-state index is 0.300. The summed E-state index contributed by atoms with van der Waals surface area (Å²) in [6.45, 7) is 4.07. The van der Waals surface area contributed by atoms with Gasteiger partial charge in [-0.15, -0.1) is 10.2 Å². The molecule has 0 amide bonds. The smallest absolute Gasteiger partial charge is 0.149 e. The van der Waals surface area contributed by atoms with Crippen molar-refractivity contribution in [1.82, 2.24) is 20.1 Å². The molecule has 1 N–H and O–H groups in total. The Balaban J connectivity index is 1.75. The summed E-state index contributed by atoms with van der Waals surface area (Å²) >= 11 is 0. The van der Waals surface area contributed by atoms with Crippen molar-refractivity contribution in [2.45, 2.75) is 32.4 Å². The number of nitrogens with one attached hydrogen (secondary N) is 1. The van der Waals surface area contributed by atoms with Gasteiger partial charge in [0.25, 0.3) is 0 Å². The predicted molar refractivity (Wildman–Crippen MR) is 62.6 cm³/mol. The fourth-order valence-electron chi connectivity index (χ4n) is 2.27. The molecule has 17 heavy (non-hydrogen) atoms. The van der Waals surface area contributed by atoms with Gasteiger partial charge in [-0.3, -0.25) is 0 Å². The Labute approximate surface area is 99.8 Å². The molecule has 3 heterocycles. The normalized spacial score (nSPS) is 19.2. The van der Waals surface area contributed by atoms with Crippen LogP contribution in [0.15, 0.2) is 22.8 Å². The molecule has 1 unspecified atom stereocenters. The summed E-state index contributed by atoms with van der Waals surface area (Å²) in [5.74, 6) is 3.11. The highest BCUT2D eigenvalue weighted by Crippen LogP contribution is 2.16. The van der Waals surface area contributed by atoms with Gasteiger partial charge in [-0.05, 0) is 19.1 Å². The maximum absolute atomic E-state index is 5.33. The molecule has 90 valence electrons. The lowest BCUT2D eigenvalue weighted by Gasteiger charge is -2.21. The standard InChI is InChI=1S/C12H16N4O/c1-9-12-15-14-11(16(12)7-6-13-9)5-4-10-3-2-8-17-10/h2-3,8-9,13H,4-7H2,1H3. The van der Waals surface area contributed by atoms with E-state index in [-0.39, 0.29) is 0 Å². The molecule has 2 aromatic rings. The number of furan rings is 1.